The van der Waals surface area contributed by atoms with Gasteiger partial charge in [-0.15, -0.1) is 0 Å². The number of methoxy groups -OCH3 is 1. The number of rotatable bonds is 6. The Morgan fingerprint density at radius 1 is 1.21 bits per heavy atom. The summed E-state index contributed by atoms with van der Waals surface area (Å²) in [7, 11) is -2.04. The summed E-state index contributed by atoms with van der Waals surface area (Å²) in [5.74, 6) is 0.336. The Bertz CT molecular complexity index is 1020. The van der Waals surface area contributed by atoms with E-state index in [0.29, 0.717) is 37.7 Å². The maximum Gasteiger partial charge on any atom is 0.248 e. The second-order valence-electron chi connectivity index (χ2n) is 6.26. The van der Waals surface area contributed by atoms with E-state index in [1.165, 1.54) is 22.5 Å². The van der Waals surface area contributed by atoms with Crippen molar-refractivity contribution >= 4 is 43.6 Å². The first kappa shape index (κ1) is 21.5. The van der Waals surface area contributed by atoms with Crippen molar-refractivity contribution in [2.24, 2.45) is 0 Å². The number of benzene rings is 2. The summed E-state index contributed by atoms with van der Waals surface area (Å²) in [5, 5.41) is 2.69. The van der Waals surface area contributed by atoms with Gasteiger partial charge in [-0.05, 0) is 57.9 Å². The number of amides is 1. The number of hydrogen-bond donors (Lipinski definition) is 1. The van der Waals surface area contributed by atoms with Gasteiger partial charge in [-0.25, -0.2) is 8.42 Å². The fraction of sp³-hybridized carbons (Fsp3) is 0.250. The van der Waals surface area contributed by atoms with E-state index < -0.39 is 10.0 Å². The Hall–Kier alpha value is -2.20. The molecule has 0 saturated carbocycles. The Balaban J connectivity index is 1.69. The monoisotopic (exact) mass is 480 g/mol. The highest BCUT2D eigenvalue weighted by Crippen LogP contribution is 2.26. The maximum atomic E-state index is 12.7. The molecule has 0 atom stereocenters. The number of sulfonamides is 1. The molecule has 1 amide bonds. The largest absolute Gasteiger partial charge is 0.496 e. The molecule has 1 N–H and O–H groups in total. The molecule has 1 aliphatic rings. The summed E-state index contributed by atoms with van der Waals surface area (Å²) in [5.41, 5.74) is 1.22. The summed E-state index contributed by atoms with van der Waals surface area (Å²) in [6.45, 7) is 1.39. The van der Waals surface area contributed by atoms with Crippen molar-refractivity contribution in [1.29, 1.82) is 0 Å². The lowest BCUT2D eigenvalue weighted by Crippen LogP contribution is -2.40. The van der Waals surface area contributed by atoms with Gasteiger partial charge in [0.1, 0.15) is 5.75 Å². The lowest BCUT2D eigenvalue weighted by molar-refractivity contribution is -0.111. The number of halogens is 1. The molecule has 0 aliphatic carbocycles. The number of morpholine rings is 1. The Morgan fingerprint density at radius 2 is 1.97 bits per heavy atom. The van der Waals surface area contributed by atoms with E-state index in [-0.39, 0.29) is 10.8 Å². The fourth-order valence-electron chi connectivity index (χ4n) is 2.81. The molecule has 29 heavy (non-hydrogen) atoms. The van der Waals surface area contributed by atoms with Gasteiger partial charge in [-0.2, -0.15) is 4.31 Å². The topological polar surface area (TPSA) is 84.9 Å². The number of nitrogens with one attached hydrogen (secondary N) is 1. The quantitative estimate of drug-likeness (QED) is 0.641. The van der Waals surface area contributed by atoms with Gasteiger partial charge in [-0.3, -0.25) is 4.79 Å². The van der Waals surface area contributed by atoms with Crippen LogP contribution in [-0.4, -0.2) is 52.0 Å². The van der Waals surface area contributed by atoms with Crippen LogP contribution in [0.4, 0.5) is 5.69 Å². The van der Waals surface area contributed by atoms with Gasteiger partial charge in [0.15, 0.2) is 0 Å². The van der Waals surface area contributed by atoms with Gasteiger partial charge in [-0.1, -0.05) is 12.1 Å². The van der Waals surface area contributed by atoms with E-state index >= 15 is 0 Å². The van der Waals surface area contributed by atoms with Crippen LogP contribution in [0.3, 0.4) is 0 Å². The van der Waals surface area contributed by atoms with Crippen molar-refractivity contribution in [2.75, 3.05) is 38.7 Å². The van der Waals surface area contributed by atoms with Gasteiger partial charge in [0.05, 0.1) is 29.7 Å². The molecule has 9 heteroatoms. The minimum absolute atomic E-state index is 0.139. The highest BCUT2D eigenvalue weighted by Gasteiger charge is 2.26. The number of carbonyl (C=O) groups is 1. The van der Waals surface area contributed by atoms with Crippen LogP contribution in [0.15, 0.2) is 57.9 Å². The minimum atomic E-state index is -3.62. The zero-order chi connectivity index (χ0) is 20.9. The average molecular weight is 481 g/mol. The van der Waals surface area contributed by atoms with Crippen LogP contribution in [0, 0.1) is 0 Å². The van der Waals surface area contributed by atoms with E-state index in [0.717, 1.165) is 10.0 Å². The van der Waals surface area contributed by atoms with Crippen molar-refractivity contribution < 1.29 is 22.7 Å². The number of anilines is 1. The molecule has 0 spiro atoms. The normalized spacial score (nSPS) is 15.4. The Labute approximate surface area is 178 Å². The summed E-state index contributed by atoms with van der Waals surface area (Å²) in [6, 6.07) is 11.7. The van der Waals surface area contributed by atoms with Gasteiger partial charge in [0.25, 0.3) is 0 Å². The lowest BCUT2D eigenvalue weighted by Gasteiger charge is -2.26. The van der Waals surface area contributed by atoms with Crippen molar-refractivity contribution in [1.82, 2.24) is 4.31 Å². The molecular weight excluding hydrogens is 460 g/mol. The third-order valence-corrected chi connectivity index (χ3v) is 6.83. The lowest BCUT2D eigenvalue weighted by atomic mass is 10.2. The zero-order valence-electron chi connectivity index (χ0n) is 15.8. The van der Waals surface area contributed by atoms with Crippen molar-refractivity contribution in [3.05, 3.63) is 58.6 Å². The Kier molecular flexibility index (Phi) is 7.07. The molecular formula is C20H21BrN2O5S. The van der Waals surface area contributed by atoms with Crippen LogP contribution in [0.1, 0.15) is 5.56 Å². The van der Waals surface area contributed by atoms with E-state index in [2.05, 4.69) is 21.2 Å². The standard InChI is InChI=1S/C20H21BrN2O5S/c1-27-19-7-5-15(13-18(19)21)6-8-20(24)22-16-3-2-4-17(14-16)29(25,26)23-9-11-28-12-10-23/h2-8,13-14H,9-12H2,1H3,(H,22,24)/b8-6-. The third kappa shape index (κ3) is 5.45. The molecule has 154 valence electrons. The summed E-state index contributed by atoms with van der Waals surface area (Å²) < 4.78 is 38.1. The first-order valence-electron chi connectivity index (χ1n) is 8.91. The zero-order valence-corrected chi connectivity index (χ0v) is 18.2. The third-order valence-electron chi connectivity index (χ3n) is 4.31. The van der Waals surface area contributed by atoms with Crippen LogP contribution < -0.4 is 10.1 Å². The highest BCUT2D eigenvalue weighted by atomic mass is 79.9. The van der Waals surface area contributed by atoms with Crippen LogP contribution in [-0.2, 0) is 19.6 Å². The second kappa shape index (κ2) is 9.53. The average Bonchev–Trinajstić information content (AvgIpc) is 2.73. The molecule has 7 nitrogen and oxygen atoms in total. The summed E-state index contributed by atoms with van der Waals surface area (Å²) in [4.78, 5) is 12.4. The van der Waals surface area contributed by atoms with E-state index in [4.69, 9.17) is 9.47 Å². The highest BCUT2D eigenvalue weighted by molar-refractivity contribution is 9.10. The molecule has 0 bridgehead atoms. The summed E-state index contributed by atoms with van der Waals surface area (Å²) >= 11 is 3.40. The minimum Gasteiger partial charge on any atom is -0.496 e. The first-order valence-corrected chi connectivity index (χ1v) is 11.1. The maximum absolute atomic E-state index is 12.7. The molecule has 1 saturated heterocycles. The van der Waals surface area contributed by atoms with Crippen LogP contribution >= 0.6 is 15.9 Å². The predicted octanol–water partition coefficient (Wildman–Crippen LogP) is 3.13. The molecule has 1 heterocycles. The number of ether oxygens (including phenoxy) is 2. The molecule has 2 aromatic rings. The fourth-order valence-corrected chi connectivity index (χ4v) is 4.83. The van der Waals surface area contributed by atoms with Crippen molar-refractivity contribution in [3.63, 3.8) is 0 Å². The summed E-state index contributed by atoms with van der Waals surface area (Å²) in [6.07, 6.45) is 3.05. The van der Waals surface area contributed by atoms with Gasteiger partial charge >= 0.3 is 0 Å². The van der Waals surface area contributed by atoms with Gasteiger partial charge < -0.3 is 14.8 Å². The van der Waals surface area contributed by atoms with E-state index in [1.807, 2.05) is 12.1 Å². The molecule has 2 aromatic carbocycles. The molecule has 0 unspecified atom stereocenters. The smallest absolute Gasteiger partial charge is 0.248 e. The molecule has 0 aromatic heterocycles. The number of hydrogen-bond acceptors (Lipinski definition) is 5. The first-order chi connectivity index (χ1) is 13.9. The second-order valence-corrected chi connectivity index (χ2v) is 9.05. The van der Waals surface area contributed by atoms with Crippen LogP contribution in [0.5, 0.6) is 5.75 Å². The molecule has 1 fully saturated rings. The Morgan fingerprint density at radius 3 is 2.66 bits per heavy atom. The van der Waals surface area contributed by atoms with E-state index in [9.17, 15) is 13.2 Å². The van der Waals surface area contributed by atoms with Gasteiger partial charge in [0, 0.05) is 24.9 Å². The number of carbonyl (C=O) groups excluding carboxylic acids is 1. The van der Waals surface area contributed by atoms with Crippen LogP contribution in [0.25, 0.3) is 6.08 Å². The SMILES string of the molecule is COc1ccc(/C=C\C(=O)Nc2cccc(S(=O)(=O)N3CCOCC3)c2)cc1Br. The van der Waals surface area contributed by atoms with Gasteiger partial charge in [0.2, 0.25) is 15.9 Å². The molecule has 0 radical (unpaired) electrons. The predicted molar refractivity (Wildman–Crippen MR) is 114 cm³/mol. The van der Waals surface area contributed by atoms with Crippen molar-refractivity contribution in [3.8, 4) is 5.75 Å². The van der Waals surface area contributed by atoms with Crippen LogP contribution in [0.2, 0.25) is 0 Å². The molecule has 1 aliphatic heterocycles. The van der Waals surface area contributed by atoms with Crippen molar-refractivity contribution in [2.45, 2.75) is 4.90 Å². The van der Waals surface area contributed by atoms with E-state index in [1.54, 1.807) is 31.4 Å². The molecule has 3 rings (SSSR count). The number of nitrogens with zero attached hydrogens (tertiary/aromatic N) is 1.